The van der Waals surface area contributed by atoms with Gasteiger partial charge in [-0.3, -0.25) is 9.13 Å². The summed E-state index contributed by atoms with van der Waals surface area (Å²) in [7, 11) is 0. The van der Waals surface area contributed by atoms with E-state index in [-0.39, 0.29) is 5.69 Å². The third-order valence-electron chi connectivity index (χ3n) is 2.82. The Balaban J connectivity index is 2.00. The van der Waals surface area contributed by atoms with Crippen LogP contribution in [0.1, 0.15) is 45.1 Å². The van der Waals surface area contributed by atoms with E-state index in [1.807, 2.05) is 21.5 Å². The molecule has 3 nitrogen and oxygen atoms in total. The van der Waals surface area contributed by atoms with E-state index >= 15 is 0 Å². The fourth-order valence-corrected chi connectivity index (χ4v) is 1.76. The molecule has 2 rings (SSSR count). The lowest BCUT2D eigenvalue weighted by molar-refractivity contribution is 0.568. The normalized spacial score (nSPS) is 16.1. The number of hydrogen-bond acceptors (Lipinski definition) is 1. The maximum absolute atomic E-state index is 11.8. The largest absolute Gasteiger partial charge is 0.328 e. The number of hydrogen-bond donors (Lipinski definition) is 0. The molecule has 1 saturated carbocycles. The lowest BCUT2D eigenvalue weighted by atomic mass is 10.2. The lowest BCUT2D eigenvalue weighted by Gasteiger charge is -2.00. The maximum atomic E-state index is 11.8. The Labute approximate surface area is 84.4 Å². The molecule has 1 aliphatic carbocycles. The second kappa shape index (κ2) is 4.03. The first-order valence-corrected chi connectivity index (χ1v) is 5.60. The van der Waals surface area contributed by atoms with Crippen molar-refractivity contribution in [2.75, 3.05) is 0 Å². The van der Waals surface area contributed by atoms with Gasteiger partial charge in [-0.15, -0.1) is 0 Å². The molecule has 0 unspecified atom stereocenters. The van der Waals surface area contributed by atoms with Crippen LogP contribution in [0.4, 0.5) is 0 Å². The van der Waals surface area contributed by atoms with Gasteiger partial charge in [-0.2, -0.15) is 0 Å². The topological polar surface area (TPSA) is 26.9 Å². The zero-order chi connectivity index (χ0) is 9.97. The predicted molar refractivity (Wildman–Crippen MR) is 56.5 cm³/mol. The molecule has 0 atom stereocenters. The fourth-order valence-electron chi connectivity index (χ4n) is 1.76. The number of aromatic nitrogens is 2. The molecule has 3 heteroatoms. The predicted octanol–water partition coefficient (Wildman–Crippen LogP) is 2.17. The van der Waals surface area contributed by atoms with E-state index in [1.165, 1.54) is 25.7 Å². The van der Waals surface area contributed by atoms with Gasteiger partial charge in [0, 0.05) is 25.0 Å². The van der Waals surface area contributed by atoms with Crippen LogP contribution < -0.4 is 5.69 Å². The van der Waals surface area contributed by atoms with E-state index in [9.17, 15) is 4.79 Å². The smallest absolute Gasteiger partial charge is 0.299 e. The number of aryl methyl sites for hydroxylation is 1. The van der Waals surface area contributed by atoms with Gasteiger partial charge in [-0.05, 0) is 19.3 Å². The average Bonchev–Trinajstić information content (AvgIpc) is 2.95. The van der Waals surface area contributed by atoms with Gasteiger partial charge >= 0.3 is 5.69 Å². The fraction of sp³-hybridized carbons (Fsp3) is 0.727. The number of unbranched alkanes of at least 4 members (excludes halogenated alkanes) is 2. The van der Waals surface area contributed by atoms with Crippen LogP contribution in [0.3, 0.4) is 0 Å². The lowest BCUT2D eigenvalue weighted by Crippen LogP contribution is -2.23. The van der Waals surface area contributed by atoms with Gasteiger partial charge in [0.05, 0.1) is 0 Å². The SMILES string of the molecule is CCCCCn1ccn(C2CC2)c1=O. The van der Waals surface area contributed by atoms with E-state index in [4.69, 9.17) is 0 Å². The monoisotopic (exact) mass is 194 g/mol. The van der Waals surface area contributed by atoms with Crippen LogP contribution in [0.25, 0.3) is 0 Å². The molecule has 0 aromatic carbocycles. The quantitative estimate of drug-likeness (QED) is 0.660. The van der Waals surface area contributed by atoms with E-state index in [1.54, 1.807) is 0 Å². The van der Waals surface area contributed by atoms with Crippen molar-refractivity contribution < 1.29 is 0 Å². The van der Waals surface area contributed by atoms with Crippen LogP contribution in [-0.2, 0) is 6.54 Å². The van der Waals surface area contributed by atoms with Crippen molar-refractivity contribution in [1.29, 1.82) is 0 Å². The van der Waals surface area contributed by atoms with Gasteiger partial charge in [0.25, 0.3) is 0 Å². The summed E-state index contributed by atoms with van der Waals surface area (Å²) < 4.78 is 3.72. The highest BCUT2D eigenvalue weighted by Crippen LogP contribution is 2.33. The van der Waals surface area contributed by atoms with Crippen LogP contribution in [0.2, 0.25) is 0 Å². The van der Waals surface area contributed by atoms with Crippen molar-refractivity contribution in [3.05, 3.63) is 22.9 Å². The number of imidazole rings is 1. The van der Waals surface area contributed by atoms with E-state index in [0.29, 0.717) is 6.04 Å². The molecule has 78 valence electrons. The molecule has 0 radical (unpaired) electrons. The Hall–Kier alpha value is -0.990. The van der Waals surface area contributed by atoms with E-state index in [2.05, 4.69) is 6.92 Å². The summed E-state index contributed by atoms with van der Waals surface area (Å²) in [6, 6.07) is 0.509. The van der Waals surface area contributed by atoms with Crippen molar-refractivity contribution in [2.24, 2.45) is 0 Å². The van der Waals surface area contributed by atoms with Crippen LogP contribution >= 0.6 is 0 Å². The highest BCUT2D eigenvalue weighted by Gasteiger charge is 2.25. The molecular formula is C11H18N2O. The second-order valence-electron chi connectivity index (χ2n) is 4.12. The summed E-state index contributed by atoms with van der Waals surface area (Å²) in [5, 5.41) is 0. The van der Waals surface area contributed by atoms with E-state index in [0.717, 1.165) is 13.0 Å². The number of rotatable bonds is 5. The van der Waals surface area contributed by atoms with Gasteiger partial charge in [0.2, 0.25) is 0 Å². The van der Waals surface area contributed by atoms with Crippen molar-refractivity contribution in [3.8, 4) is 0 Å². The van der Waals surface area contributed by atoms with Gasteiger partial charge in [-0.25, -0.2) is 4.79 Å². The molecular weight excluding hydrogens is 176 g/mol. The van der Waals surface area contributed by atoms with Gasteiger partial charge in [0.15, 0.2) is 0 Å². The standard InChI is InChI=1S/C11H18N2O/c1-2-3-4-7-12-8-9-13(11(12)14)10-5-6-10/h8-10H,2-7H2,1H3. The Morgan fingerprint density at radius 3 is 2.79 bits per heavy atom. The Morgan fingerprint density at radius 1 is 1.36 bits per heavy atom. The van der Waals surface area contributed by atoms with Crippen LogP contribution in [-0.4, -0.2) is 9.13 Å². The summed E-state index contributed by atoms with van der Waals surface area (Å²) in [5.74, 6) is 0. The molecule has 1 fully saturated rings. The molecule has 0 spiro atoms. The Morgan fingerprint density at radius 2 is 2.14 bits per heavy atom. The molecule has 0 bridgehead atoms. The van der Waals surface area contributed by atoms with Gasteiger partial charge < -0.3 is 0 Å². The zero-order valence-corrected chi connectivity index (χ0v) is 8.78. The molecule has 1 aromatic heterocycles. The number of nitrogens with zero attached hydrogens (tertiary/aromatic N) is 2. The molecule has 0 N–H and O–H groups in total. The maximum Gasteiger partial charge on any atom is 0.328 e. The molecule has 0 aliphatic heterocycles. The second-order valence-corrected chi connectivity index (χ2v) is 4.12. The first kappa shape index (κ1) is 9.56. The minimum Gasteiger partial charge on any atom is -0.299 e. The van der Waals surface area contributed by atoms with Crippen molar-refractivity contribution in [1.82, 2.24) is 9.13 Å². The Kier molecular flexibility index (Phi) is 2.75. The van der Waals surface area contributed by atoms with Gasteiger partial charge in [0.1, 0.15) is 0 Å². The summed E-state index contributed by atoms with van der Waals surface area (Å²) in [4.78, 5) is 11.8. The average molecular weight is 194 g/mol. The van der Waals surface area contributed by atoms with Crippen LogP contribution in [0, 0.1) is 0 Å². The van der Waals surface area contributed by atoms with Crippen molar-refractivity contribution in [3.63, 3.8) is 0 Å². The molecule has 0 amide bonds. The summed E-state index contributed by atoms with van der Waals surface area (Å²) >= 11 is 0. The molecule has 1 aromatic rings. The molecule has 1 aliphatic rings. The summed E-state index contributed by atoms with van der Waals surface area (Å²) in [5.41, 5.74) is 0.184. The minimum atomic E-state index is 0.184. The van der Waals surface area contributed by atoms with E-state index < -0.39 is 0 Å². The summed E-state index contributed by atoms with van der Waals surface area (Å²) in [6.45, 7) is 3.06. The first-order chi connectivity index (χ1) is 6.83. The molecule has 1 heterocycles. The van der Waals surface area contributed by atoms with Crippen LogP contribution in [0.5, 0.6) is 0 Å². The molecule has 0 saturated heterocycles. The molecule has 14 heavy (non-hydrogen) atoms. The first-order valence-electron chi connectivity index (χ1n) is 5.60. The highest BCUT2D eigenvalue weighted by atomic mass is 16.1. The van der Waals surface area contributed by atoms with Crippen LogP contribution in [0.15, 0.2) is 17.2 Å². The van der Waals surface area contributed by atoms with Crippen molar-refractivity contribution in [2.45, 2.75) is 51.6 Å². The van der Waals surface area contributed by atoms with Crippen molar-refractivity contribution >= 4 is 0 Å². The minimum absolute atomic E-state index is 0.184. The zero-order valence-electron chi connectivity index (χ0n) is 8.78. The highest BCUT2D eigenvalue weighted by molar-refractivity contribution is 4.91. The Bertz CT molecular complexity index is 346. The summed E-state index contributed by atoms with van der Waals surface area (Å²) in [6.07, 6.45) is 9.75. The third-order valence-corrected chi connectivity index (χ3v) is 2.82. The third kappa shape index (κ3) is 1.91. The van der Waals surface area contributed by atoms with Gasteiger partial charge in [-0.1, -0.05) is 19.8 Å².